The molecule has 1 heterocycles. The standard InChI is InChI=1S/C17H22N4OS/c1-23-15-9-5-6-13(10-15)11-18-17(22)16-12-21(20-19-16)14-7-3-2-4-8-14/h5-6,9-10,12,14H,2-4,7-8,11H2,1H3,(H,18,22). The van der Waals surface area contributed by atoms with Crippen LogP contribution in [0.1, 0.15) is 54.2 Å². The first-order chi connectivity index (χ1) is 11.3. The second-order valence-electron chi connectivity index (χ2n) is 5.91. The van der Waals surface area contributed by atoms with Gasteiger partial charge in [-0.15, -0.1) is 16.9 Å². The molecule has 3 rings (SSSR count). The lowest BCUT2D eigenvalue weighted by Crippen LogP contribution is -2.23. The zero-order valence-electron chi connectivity index (χ0n) is 13.4. The van der Waals surface area contributed by atoms with Crippen molar-refractivity contribution in [2.45, 2.75) is 49.6 Å². The predicted molar refractivity (Wildman–Crippen MR) is 91.5 cm³/mol. The minimum atomic E-state index is -0.165. The molecule has 0 aliphatic heterocycles. The van der Waals surface area contributed by atoms with E-state index in [1.807, 2.05) is 23.1 Å². The van der Waals surface area contributed by atoms with Crippen molar-refractivity contribution >= 4 is 17.7 Å². The smallest absolute Gasteiger partial charge is 0.273 e. The van der Waals surface area contributed by atoms with Crippen molar-refractivity contribution < 1.29 is 4.79 Å². The van der Waals surface area contributed by atoms with Gasteiger partial charge in [-0.2, -0.15) is 0 Å². The Balaban J connectivity index is 1.58. The fourth-order valence-electron chi connectivity index (χ4n) is 2.96. The zero-order valence-corrected chi connectivity index (χ0v) is 14.2. The molecule has 2 aromatic rings. The first-order valence-corrected chi connectivity index (χ1v) is 9.31. The highest BCUT2D eigenvalue weighted by Gasteiger charge is 2.18. The third kappa shape index (κ3) is 4.13. The van der Waals surface area contributed by atoms with Gasteiger partial charge in [-0.3, -0.25) is 4.79 Å². The van der Waals surface area contributed by atoms with E-state index in [0.29, 0.717) is 18.3 Å². The Kier molecular flexibility index (Phi) is 5.33. The molecule has 1 aliphatic carbocycles. The minimum absolute atomic E-state index is 0.165. The third-order valence-corrected chi connectivity index (χ3v) is 5.00. The number of carbonyl (C=O) groups is 1. The lowest BCUT2D eigenvalue weighted by Gasteiger charge is -2.20. The van der Waals surface area contributed by atoms with Crippen LogP contribution in [0.4, 0.5) is 0 Å². The summed E-state index contributed by atoms with van der Waals surface area (Å²) in [7, 11) is 0. The zero-order chi connectivity index (χ0) is 16.1. The van der Waals surface area contributed by atoms with Crippen molar-refractivity contribution in [2.24, 2.45) is 0 Å². The molecule has 122 valence electrons. The van der Waals surface area contributed by atoms with Gasteiger partial charge in [0.25, 0.3) is 5.91 Å². The lowest BCUT2D eigenvalue weighted by atomic mass is 9.96. The first-order valence-electron chi connectivity index (χ1n) is 8.09. The molecule has 0 saturated heterocycles. The number of nitrogens with one attached hydrogen (secondary N) is 1. The van der Waals surface area contributed by atoms with Gasteiger partial charge in [0.1, 0.15) is 0 Å². The fraction of sp³-hybridized carbons (Fsp3) is 0.471. The summed E-state index contributed by atoms with van der Waals surface area (Å²) in [6.07, 6.45) is 9.85. The van der Waals surface area contributed by atoms with Crippen LogP contribution in [0.5, 0.6) is 0 Å². The molecule has 0 radical (unpaired) electrons. The van der Waals surface area contributed by atoms with E-state index in [-0.39, 0.29) is 5.91 Å². The highest BCUT2D eigenvalue weighted by Crippen LogP contribution is 2.27. The summed E-state index contributed by atoms with van der Waals surface area (Å²) >= 11 is 1.69. The number of hydrogen-bond acceptors (Lipinski definition) is 4. The number of hydrogen-bond donors (Lipinski definition) is 1. The Labute approximate surface area is 140 Å². The van der Waals surface area contributed by atoms with Crippen LogP contribution in [-0.4, -0.2) is 27.2 Å². The third-order valence-electron chi connectivity index (χ3n) is 4.28. The average Bonchev–Trinajstić information content (AvgIpc) is 3.11. The van der Waals surface area contributed by atoms with E-state index in [2.05, 4.69) is 27.8 Å². The van der Waals surface area contributed by atoms with E-state index in [1.165, 1.54) is 24.2 Å². The van der Waals surface area contributed by atoms with Gasteiger partial charge in [0, 0.05) is 11.4 Å². The van der Waals surface area contributed by atoms with Crippen LogP contribution in [0.25, 0.3) is 0 Å². The molecule has 0 atom stereocenters. The second-order valence-corrected chi connectivity index (χ2v) is 6.79. The highest BCUT2D eigenvalue weighted by molar-refractivity contribution is 7.98. The Morgan fingerprint density at radius 3 is 2.96 bits per heavy atom. The van der Waals surface area contributed by atoms with Gasteiger partial charge < -0.3 is 5.32 Å². The lowest BCUT2D eigenvalue weighted by molar-refractivity contribution is 0.0946. The number of amides is 1. The molecule has 1 amide bonds. The topological polar surface area (TPSA) is 59.8 Å². The maximum absolute atomic E-state index is 12.2. The highest BCUT2D eigenvalue weighted by atomic mass is 32.2. The average molecular weight is 330 g/mol. The Morgan fingerprint density at radius 2 is 2.17 bits per heavy atom. The number of thioether (sulfide) groups is 1. The van der Waals surface area contributed by atoms with Crippen LogP contribution in [0.15, 0.2) is 35.4 Å². The Bertz CT molecular complexity index is 664. The number of carbonyl (C=O) groups excluding carboxylic acids is 1. The number of rotatable bonds is 5. The van der Waals surface area contributed by atoms with E-state index in [1.54, 1.807) is 18.0 Å². The molecule has 5 nitrogen and oxygen atoms in total. The summed E-state index contributed by atoms with van der Waals surface area (Å²) in [5, 5.41) is 11.1. The van der Waals surface area contributed by atoms with Gasteiger partial charge in [-0.25, -0.2) is 4.68 Å². The molecular weight excluding hydrogens is 308 g/mol. The van der Waals surface area contributed by atoms with E-state index in [4.69, 9.17) is 0 Å². The summed E-state index contributed by atoms with van der Waals surface area (Å²) in [5.41, 5.74) is 1.49. The number of benzene rings is 1. The van der Waals surface area contributed by atoms with Crippen LogP contribution < -0.4 is 5.32 Å². The molecule has 1 saturated carbocycles. The van der Waals surface area contributed by atoms with Gasteiger partial charge in [0.15, 0.2) is 5.69 Å². The van der Waals surface area contributed by atoms with Gasteiger partial charge in [0.05, 0.1) is 12.2 Å². The molecule has 1 fully saturated rings. The maximum atomic E-state index is 12.2. The SMILES string of the molecule is CSc1cccc(CNC(=O)c2cn(C3CCCCC3)nn2)c1. The maximum Gasteiger partial charge on any atom is 0.273 e. The molecule has 23 heavy (non-hydrogen) atoms. The molecule has 0 spiro atoms. The largest absolute Gasteiger partial charge is 0.347 e. The van der Waals surface area contributed by atoms with E-state index < -0.39 is 0 Å². The molecule has 1 aromatic carbocycles. The van der Waals surface area contributed by atoms with Crippen LogP contribution in [0, 0.1) is 0 Å². The van der Waals surface area contributed by atoms with Crippen molar-refractivity contribution in [1.82, 2.24) is 20.3 Å². The molecule has 1 aliphatic rings. The van der Waals surface area contributed by atoms with E-state index in [0.717, 1.165) is 18.4 Å². The van der Waals surface area contributed by atoms with Crippen molar-refractivity contribution in [3.05, 3.63) is 41.7 Å². The normalized spacial score (nSPS) is 15.5. The molecule has 1 aromatic heterocycles. The predicted octanol–water partition coefficient (Wildman–Crippen LogP) is 3.44. The summed E-state index contributed by atoms with van der Waals surface area (Å²) in [6.45, 7) is 0.503. The van der Waals surface area contributed by atoms with E-state index in [9.17, 15) is 4.79 Å². The van der Waals surface area contributed by atoms with Gasteiger partial charge >= 0.3 is 0 Å². The van der Waals surface area contributed by atoms with Crippen LogP contribution in [0.2, 0.25) is 0 Å². The monoisotopic (exact) mass is 330 g/mol. The number of nitrogens with zero attached hydrogens (tertiary/aromatic N) is 3. The summed E-state index contributed by atoms with van der Waals surface area (Å²) in [6, 6.07) is 8.57. The molecule has 1 N–H and O–H groups in total. The van der Waals surface area contributed by atoms with Crippen molar-refractivity contribution in [2.75, 3.05) is 6.26 Å². The van der Waals surface area contributed by atoms with Gasteiger partial charge in [-0.05, 0) is 36.8 Å². The van der Waals surface area contributed by atoms with Crippen molar-refractivity contribution in [1.29, 1.82) is 0 Å². The fourth-order valence-corrected chi connectivity index (χ4v) is 3.44. The van der Waals surface area contributed by atoms with Crippen LogP contribution >= 0.6 is 11.8 Å². The second kappa shape index (κ2) is 7.64. The minimum Gasteiger partial charge on any atom is -0.347 e. The van der Waals surface area contributed by atoms with Crippen molar-refractivity contribution in [3.8, 4) is 0 Å². The Hall–Kier alpha value is -1.82. The summed E-state index contributed by atoms with van der Waals surface area (Å²) in [4.78, 5) is 13.4. The molecular formula is C17H22N4OS. The quantitative estimate of drug-likeness (QED) is 0.853. The van der Waals surface area contributed by atoms with Crippen LogP contribution in [0.3, 0.4) is 0 Å². The summed E-state index contributed by atoms with van der Waals surface area (Å²) in [5.74, 6) is -0.165. The van der Waals surface area contributed by atoms with E-state index >= 15 is 0 Å². The van der Waals surface area contributed by atoms with Gasteiger partial charge in [0.2, 0.25) is 0 Å². The Morgan fingerprint density at radius 1 is 1.35 bits per heavy atom. The summed E-state index contributed by atoms with van der Waals surface area (Å²) < 4.78 is 1.86. The van der Waals surface area contributed by atoms with Crippen LogP contribution in [-0.2, 0) is 6.54 Å². The van der Waals surface area contributed by atoms with Crippen molar-refractivity contribution in [3.63, 3.8) is 0 Å². The molecule has 0 unspecified atom stereocenters. The van der Waals surface area contributed by atoms with Gasteiger partial charge in [-0.1, -0.05) is 36.6 Å². The number of aromatic nitrogens is 3. The molecule has 0 bridgehead atoms. The molecule has 6 heteroatoms. The first kappa shape index (κ1) is 16.1.